The molecular formula is C16H17Cl4N5O2S. The highest BCUT2D eigenvalue weighted by atomic mass is 35.6. The average Bonchev–Trinajstić information content (AvgIpc) is 2.84. The molecule has 0 aliphatic heterocycles. The van der Waals surface area contributed by atoms with Crippen LogP contribution in [0.1, 0.15) is 5.69 Å². The Hall–Kier alpha value is -1.45. The highest BCUT2D eigenvalue weighted by molar-refractivity contribution is 7.80. The van der Waals surface area contributed by atoms with Crippen molar-refractivity contribution in [3.63, 3.8) is 0 Å². The number of rotatable bonds is 5. The molecule has 7 nitrogen and oxygen atoms in total. The van der Waals surface area contributed by atoms with Gasteiger partial charge in [0.2, 0.25) is 9.70 Å². The van der Waals surface area contributed by atoms with Crippen molar-refractivity contribution in [3.05, 3.63) is 46.4 Å². The molecular weight excluding hydrogens is 468 g/mol. The molecule has 28 heavy (non-hydrogen) atoms. The van der Waals surface area contributed by atoms with Gasteiger partial charge in [-0.1, -0.05) is 53.0 Å². The van der Waals surface area contributed by atoms with E-state index in [0.717, 1.165) is 0 Å². The van der Waals surface area contributed by atoms with Crippen LogP contribution in [0.5, 0.6) is 0 Å². The number of anilines is 1. The molecule has 1 amide bonds. The number of amides is 1. The van der Waals surface area contributed by atoms with Gasteiger partial charge in [-0.3, -0.25) is 14.3 Å². The quantitative estimate of drug-likeness (QED) is 0.345. The fraction of sp³-hybridized carbons (Fsp3) is 0.312. The summed E-state index contributed by atoms with van der Waals surface area (Å²) in [5.74, 6) is -0.880. The first kappa shape index (κ1) is 22.8. The highest BCUT2D eigenvalue weighted by Crippen LogP contribution is 2.29. The van der Waals surface area contributed by atoms with Gasteiger partial charge in [-0.05, 0) is 31.3 Å². The molecule has 1 unspecified atom stereocenters. The van der Waals surface area contributed by atoms with Crippen molar-refractivity contribution in [2.75, 3.05) is 11.2 Å². The molecule has 0 aliphatic rings. The van der Waals surface area contributed by atoms with E-state index in [0.29, 0.717) is 11.4 Å². The van der Waals surface area contributed by atoms with Gasteiger partial charge in [0.1, 0.15) is 17.7 Å². The summed E-state index contributed by atoms with van der Waals surface area (Å²) in [4.78, 5) is 24.4. The predicted molar refractivity (Wildman–Crippen MR) is 118 cm³/mol. The third-order valence-corrected chi connectivity index (χ3v) is 4.94. The van der Waals surface area contributed by atoms with Crippen LogP contribution in [0.4, 0.5) is 5.69 Å². The molecule has 0 aliphatic carbocycles. The SMILES string of the molecule is Cc1c(NC(=S)NC(NC(=O)CCl)C(Cl)(Cl)Cl)c(=O)n(-c2ccccc2)n1C. The normalized spacial score (nSPS) is 12.4. The minimum atomic E-state index is -1.91. The van der Waals surface area contributed by atoms with E-state index in [2.05, 4.69) is 16.0 Å². The van der Waals surface area contributed by atoms with E-state index in [-0.39, 0.29) is 22.2 Å². The summed E-state index contributed by atoms with van der Waals surface area (Å²) < 4.78 is 1.26. The van der Waals surface area contributed by atoms with E-state index in [1.807, 2.05) is 30.3 Å². The smallest absolute Gasteiger partial charge is 0.295 e. The number of thiocarbonyl (C=S) groups is 1. The number of carbonyl (C=O) groups excluding carboxylic acids is 1. The Morgan fingerprint density at radius 1 is 1.21 bits per heavy atom. The molecule has 1 atom stereocenters. The molecule has 0 saturated heterocycles. The largest absolute Gasteiger partial charge is 0.339 e. The third-order valence-electron chi connectivity index (χ3n) is 3.82. The van der Waals surface area contributed by atoms with Crippen molar-refractivity contribution in [2.45, 2.75) is 16.9 Å². The van der Waals surface area contributed by atoms with E-state index in [9.17, 15) is 9.59 Å². The van der Waals surface area contributed by atoms with E-state index in [1.54, 1.807) is 18.7 Å². The van der Waals surface area contributed by atoms with Gasteiger partial charge >= 0.3 is 0 Å². The molecule has 1 aromatic carbocycles. The molecule has 1 heterocycles. The van der Waals surface area contributed by atoms with Gasteiger partial charge in [0.15, 0.2) is 5.11 Å². The Morgan fingerprint density at radius 2 is 1.82 bits per heavy atom. The number of alkyl halides is 4. The van der Waals surface area contributed by atoms with Crippen LogP contribution in [-0.2, 0) is 11.8 Å². The summed E-state index contributed by atoms with van der Waals surface area (Å²) >= 11 is 28.3. The van der Waals surface area contributed by atoms with Crippen molar-refractivity contribution in [2.24, 2.45) is 7.05 Å². The number of benzene rings is 1. The second-order valence-electron chi connectivity index (χ2n) is 5.71. The fourth-order valence-corrected chi connectivity index (χ4v) is 3.02. The van der Waals surface area contributed by atoms with Crippen LogP contribution in [0, 0.1) is 6.92 Å². The Bertz CT molecular complexity index is 924. The number of hydrogen-bond donors (Lipinski definition) is 3. The lowest BCUT2D eigenvalue weighted by Gasteiger charge is -2.27. The lowest BCUT2D eigenvalue weighted by molar-refractivity contribution is -0.119. The zero-order valence-corrected chi connectivity index (χ0v) is 18.6. The summed E-state index contributed by atoms with van der Waals surface area (Å²) in [6.07, 6.45) is -1.16. The Morgan fingerprint density at radius 3 is 2.36 bits per heavy atom. The summed E-state index contributed by atoms with van der Waals surface area (Å²) in [6, 6.07) is 9.13. The van der Waals surface area contributed by atoms with Gasteiger partial charge in [0, 0.05) is 7.05 Å². The molecule has 3 N–H and O–H groups in total. The lowest BCUT2D eigenvalue weighted by atomic mass is 10.3. The standard InChI is InChI=1S/C16H17Cl4N5O2S/c1-9-12(13(27)25(24(9)2)10-6-4-3-5-7-10)22-15(28)23-14(16(18,19)20)21-11(26)8-17/h3-7,14H,8H2,1-2H3,(H,21,26)(H2,22,23,28). The summed E-state index contributed by atoms with van der Waals surface area (Å²) in [6.45, 7) is 1.76. The zero-order valence-electron chi connectivity index (χ0n) is 14.8. The maximum Gasteiger partial charge on any atom is 0.295 e. The molecule has 0 fully saturated rings. The van der Waals surface area contributed by atoms with Crippen LogP contribution < -0.4 is 21.5 Å². The number of nitrogens with one attached hydrogen (secondary N) is 3. The summed E-state index contributed by atoms with van der Waals surface area (Å²) in [7, 11) is 1.75. The number of hydrogen-bond acceptors (Lipinski definition) is 3. The van der Waals surface area contributed by atoms with Crippen LogP contribution in [-0.4, -0.2) is 36.2 Å². The van der Waals surface area contributed by atoms with E-state index in [1.165, 1.54) is 4.68 Å². The Labute approximate surface area is 186 Å². The van der Waals surface area contributed by atoms with Crippen LogP contribution in [0.25, 0.3) is 5.69 Å². The molecule has 0 spiro atoms. The van der Waals surface area contributed by atoms with Gasteiger partial charge in [0.05, 0.1) is 11.4 Å². The van der Waals surface area contributed by atoms with Crippen molar-refractivity contribution in [3.8, 4) is 5.69 Å². The van der Waals surface area contributed by atoms with E-state index in [4.69, 9.17) is 58.6 Å². The molecule has 2 aromatic rings. The maximum absolute atomic E-state index is 12.9. The predicted octanol–water partition coefficient (Wildman–Crippen LogP) is 2.82. The Balaban J connectivity index is 2.27. The van der Waals surface area contributed by atoms with Crippen molar-refractivity contribution >= 4 is 75.3 Å². The number of halogens is 4. The van der Waals surface area contributed by atoms with Crippen molar-refractivity contribution in [1.29, 1.82) is 0 Å². The number of nitrogens with zero attached hydrogens (tertiary/aromatic N) is 2. The minimum Gasteiger partial charge on any atom is -0.339 e. The summed E-state index contributed by atoms with van der Waals surface area (Å²) in [5.41, 5.74) is 1.26. The summed E-state index contributed by atoms with van der Waals surface area (Å²) in [5, 5.41) is 7.86. The lowest BCUT2D eigenvalue weighted by Crippen LogP contribution is -2.56. The zero-order chi connectivity index (χ0) is 21.1. The molecule has 2 rings (SSSR count). The van der Waals surface area contributed by atoms with Gasteiger partial charge in [-0.2, -0.15) is 0 Å². The number of carbonyl (C=O) groups is 1. The first-order valence-corrected chi connectivity index (χ1v) is 9.97. The van der Waals surface area contributed by atoms with Gasteiger partial charge in [0.25, 0.3) is 5.56 Å². The van der Waals surface area contributed by atoms with Gasteiger partial charge in [-0.25, -0.2) is 4.68 Å². The van der Waals surface area contributed by atoms with Crippen LogP contribution in [0.2, 0.25) is 0 Å². The average molecular weight is 485 g/mol. The molecule has 0 radical (unpaired) electrons. The first-order valence-electron chi connectivity index (χ1n) is 7.89. The molecule has 1 aromatic heterocycles. The number of aromatic nitrogens is 2. The second kappa shape index (κ2) is 9.37. The molecule has 152 valence electrons. The Kier molecular flexibility index (Phi) is 7.64. The molecule has 0 bridgehead atoms. The third kappa shape index (κ3) is 5.33. The minimum absolute atomic E-state index is 0.0165. The maximum atomic E-state index is 12.9. The molecule has 0 saturated carbocycles. The van der Waals surface area contributed by atoms with Gasteiger partial charge in [-0.15, -0.1) is 11.6 Å². The molecule has 12 heteroatoms. The van der Waals surface area contributed by atoms with Gasteiger partial charge < -0.3 is 16.0 Å². The van der Waals surface area contributed by atoms with Crippen LogP contribution in [0.15, 0.2) is 35.1 Å². The van der Waals surface area contributed by atoms with Crippen LogP contribution in [0.3, 0.4) is 0 Å². The van der Waals surface area contributed by atoms with Crippen molar-refractivity contribution < 1.29 is 4.79 Å². The topological polar surface area (TPSA) is 80.1 Å². The first-order chi connectivity index (χ1) is 13.1. The van der Waals surface area contributed by atoms with Crippen LogP contribution >= 0.6 is 58.6 Å². The van der Waals surface area contributed by atoms with E-state index < -0.39 is 15.9 Å². The monoisotopic (exact) mass is 483 g/mol. The second-order valence-corrected chi connectivity index (χ2v) is 8.76. The number of para-hydroxylation sites is 1. The van der Waals surface area contributed by atoms with Crippen molar-refractivity contribution in [1.82, 2.24) is 20.0 Å². The fourth-order valence-electron chi connectivity index (χ4n) is 2.39. The highest BCUT2D eigenvalue weighted by Gasteiger charge is 2.34. The van der Waals surface area contributed by atoms with E-state index >= 15 is 0 Å².